The molecule has 2 N–H and O–H groups in total. The van der Waals surface area contributed by atoms with Crippen molar-refractivity contribution >= 4 is 0 Å². The van der Waals surface area contributed by atoms with Crippen LogP contribution in [0.15, 0.2) is 0 Å². The van der Waals surface area contributed by atoms with Crippen molar-refractivity contribution in [3.05, 3.63) is 0 Å². The highest BCUT2D eigenvalue weighted by atomic mass is 15.2. The molecule has 102 valence electrons. The molecule has 0 aromatic heterocycles. The number of nitrogens with zero attached hydrogens (tertiary/aromatic N) is 1. The highest BCUT2D eigenvalue weighted by molar-refractivity contribution is 4.91. The summed E-state index contributed by atoms with van der Waals surface area (Å²) in [6.07, 6.45) is 12.1. The average molecular weight is 240 g/mol. The zero-order chi connectivity index (χ0) is 12.6. The van der Waals surface area contributed by atoms with Crippen LogP contribution >= 0.6 is 0 Å². The highest BCUT2D eigenvalue weighted by Gasteiger charge is 2.33. The average Bonchev–Trinajstić information content (AvgIpc) is 2.28. The Kier molecular flexibility index (Phi) is 7.14. The summed E-state index contributed by atoms with van der Waals surface area (Å²) >= 11 is 0. The van der Waals surface area contributed by atoms with Gasteiger partial charge < -0.3 is 5.73 Å². The van der Waals surface area contributed by atoms with E-state index in [4.69, 9.17) is 5.73 Å². The van der Waals surface area contributed by atoms with E-state index in [0.717, 1.165) is 6.54 Å². The molecule has 0 radical (unpaired) electrons. The second kappa shape index (κ2) is 8.10. The summed E-state index contributed by atoms with van der Waals surface area (Å²) in [4.78, 5) is 2.74. The van der Waals surface area contributed by atoms with Crippen LogP contribution in [0.3, 0.4) is 0 Å². The maximum atomic E-state index is 6.16. The summed E-state index contributed by atoms with van der Waals surface area (Å²) in [5.41, 5.74) is 6.47. The van der Waals surface area contributed by atoms with Gasteiger partial charge in [0.05, 0.1) is 0 Å². The predicted molar refractivity (Wildman–Crippen MR) is 76.3 cm³/mol. The van der Waals surface area contributed by atoms with Crippen LogP contribution in [0.1, 0.15) is 71.6 Å². The minimum Gasteiger partial charge on any atom is -0.329 e. The summed E-state index contributed by atoms with van der Waals surface area (Å²) in [6.45, 7) is 7.98. The minimum absolute atomic E-state index is 0.306. The van der Waals surface area contributed by atoms with Gasteiger partial charge in [0.2, 0.25) is 0 Å². The van der Waals surface area contributed by atoms with Crippen LogP contribution in [-0.4, -0.2) is 30.1 Å². The predicted octanol–water partition coefficient (Wildman–Crippen LogP) is 3.55. The van der Waals surface area contributed by atoms with E-state index in [9.17, 15) is 0 Å². The molecule has 0 aromatic rings. The van der Waals surface area contributed by atoms with E-state index in [1.54, 1.807) is 0 Å². The Morgan fingerprint density at radius 2 is 1.35 bits per heavy atom. The Morgan fingerprint density at radius 3 is 1.76 bits per heavy atom. The molecule has 0 bridgehead atoms. The first-order chi connectivity index (χ1) is 8.29. The van der Waals surface area contributed by atoms with Gasteiger partial charge in [0, 0.05) is 12.1 Å². The Balaban J connectivity index is 2.69. The van der Waals surface area contributed by atoms with Gasteiger partial charge in [-0.3, -0.25) is 4.90 Å². The van der Waals surface area contributed by atoms with Crippen LogP contribution in [0.5, 0.6) is 0 Å². The number of hydrogen-bond acceptors (Lipinski definition) is 2. The molecular formula is C15H32N2. The van der Waals surface area contributed by atoms with E-state index in [1.807, 2.05) is 0 Å². The van der Waals surface area contributed by atoms with Crippen LogP contribution in [0.4, 0.5) is 0 Å². The second-order valence-corrected chi connectivity index (χ2v) is 5.68. The molecule has 1 fully saturated rings. The zero-order valence-corrected chi connectivity index (χ0v) is 12.0. The lowest BCUT2D eigenvalue weighted by atomic mass is 9.85. The minimum atomic E-state index is 0.306. The molecule has 0 saturated carbocycles. The normalized spacial score (nSPS) is 19.9. The summed E-state index contributed by atoms with van der Waals surface area (Å²) in [5, 5.41) is 0. The first-order valence-corrected chi connectivity index (χ1v) is 7.74. The van der Waals surface area contributed by atoms with E-state index < -0.39 is 0 Å². The third-order valence-electron chi connectivity index (χ3n) is 4.34. The molecule has 0 amide bonds. The first kappa shape index (κ1) is 15.0. The fourth-order valence-corrected chi connectivity index (χ4v) is 3.43. The van der Waals surface area contributed by atoms with Crippen LogP contribution < -0.4 is 5.73 Å². The number of hydrogen-bond donors (Lipinski definition) is 1. The molecule has 2 heteroatoms. The van der Waals surface area contributed by atoms with Gasteiger partial charge in [0.15, 0.2) is 0 Å². The van der Waals surface area contributed by atoms with Crippen molar-refractivity contribution in [2.75, 3.05) is 19.6 Å². The molecule has 0 aliphatic carbocycles. The molecule has 1 rings (SSSR count). The fraction of sp³-hybridized carbons (Fsp3) is 1.00. The van der Waals surface area contributed by atoms with Crippen molar-refractivity contribution in [2.45, 2.75) is 77.2 Å². The van der Waals surface area contributed by atoms with Crippen LogP contribution in [0.25, 0.3) is 0 Å². The number of rotatable bonds is 6. The first-order valence-electron chi connectivity index (χ1n) is 7.74. The van der Waals surface area contributed by atoms with Crippen molar-refractivity contribution in [1.82, 2.24) is 4.90 Å². The maximum absolute atomic E-state index is 6.16. The molecule has 0 aromatic carbocycles. The standard InChI is InChI=1S/C15H32N2/c1-3-10-15(14-16,11-4-2)17-12-8-6-5-7-9-13-17/h3-14,16H2,1-2H3. The third kappa shape index (κ3) is 4.26. The van der Waals surface area contributed by atoms with E-state index in [0.29, 0.717) is 5.54 Å². The van der Waals surface area contributed by atoms with Gasteiger partial charge in [0.1, 0.15) is 0 Å². The Labute approximate surface area is 108 Å². The molecule has 1 aliphatic rings. The largest absolute Gasteiger partial charge is 0.329 e. The zero-order valence-electron chi connectivity index (χ0n) is 12.0. The number of likely N-dealkylation sites (tertiary alicyclic amines) is 1. The quantitative estimate of drug-likeness (QED) is 0.769. The van der Waals surface area contributed by atoms with Gasteiger partial charge in [0.25, 0.3) is 0 Å². The lowest BCUT2D eigenvalue weighted by molar-refractivity contribution is 0.0658. The Hall–Kier alpha value is -0.0800. The van der Waals surface area contributed by atoms with E-state index in [1.165, 1.54) is 70.9 Å². The maximum Gasteiger partial charge on any atom is 0.0331 e. The van der Waals surface area contributed by atoms with E-state index in [2.05, 4.69) is 18.7 Å². The van der Waals surface area contributed by atoms with Gasteiger partial charge in [-0.2, -0.15) is 0 Å². The monoisotopic (exact) mass is 240 g/mol. The van der Waals surface area contributed by atoms with Crippen molar-refractivity contribution in [3.8, 4) is 0 Å². The van der Waals surface area contributed by atoms with E-state index in [-0.39, 0.29) is 0 Å². The third-order valence-corrected chi connectivity index (χ3v) is 4.34. The second-order valence-electron chi connectivity index (χ2n) is 5.68. The van der Waals surface area contributed by atoms with Gasteiger partial charge in [-0.15, -0.1) is 0 Å². The Morgan fingerprint density at radius 1 is 0.882 bits per heavy atom. The van der Waals surface area contributed by atoms with Gasteiger partial charge in [-0.25, -0.2) is 0 Å². The van der Waals surface area contributed by atoms with Crippen molar-refractivity contribution in [2.24, 2.45) is 5.73 Å². The highest BCUT2D eigenvalue weighted by Crippen LogP contribution is 2.28. The summed E-state index contributed by atoms with van der Waals surface area (Å²) in [5.74, 6) is 0. The molecule has 0 spiro atoms. The molecule has 2 nitrogen and oxygen atoms in total. The summed E-state index contributed by atoms with van der Waals surface area (Å²) < 4.78 is 0. The summed E-state index contributed by atoms with van der Waals surface area (Å²) in [7, 11) is 0. The molecule has 1 aliphatic heterocycles. The molecule has 1 heterocycles. The van der Waals surface area contributed by atoms with Gasteiger partial charge in [-0.05, 0) is 38.8 Å². The van der Waals surface area contributed by atoms with Crippen LogP contribution in [0.2, 0.25) is 0 Å². The fourth-order valence-electron chi connectivity index (χ4n) is 3.43. The molecule has 0 atom stereocenters. The topological polar surface area (TPSA) is 29.3 Å². The Bertz CT molecular complexity index is 177. The summed E-state index contributed by atoms with van der Waals surface area (Å²) in [6, 6.07) is 0. The van der Waals surface area contributed by atoms with Gasteiger partial charge >= 0.3 is 0 Å². The van der Waals surface area contributed by atoms with E-state index >= 15 is 0 Å². The van der Waals surface area contributed by atoms with Crippen molar-refractivity contribution < 1.29 is 0 Å². The van der Waals surface area contributed by atoms with Gasteiger partial charge in [-0.1, -0.05) is 46.0 Å². The SMILES string of the molecule is CCCC(CN)(CCC)N1CCCCCCC1. The van der Waals surface area contributed by atoms with Crippen LogP contribution in [0, 0.1) is 0 Å². The lowest BCUT2D eigenvalue weighted by Crippen LogP contribution is -2.54. The smallest absolute Gasteiger partial charge is 0.0331 e. The number of nitrogens with two attached hydrogens (primary N) is 1. The van der Waals surface area contributed by atoms with Crippen molar-refractivity contribution in [3.63, 3.8) is 0 Å². The molecule has 1 saturated heterocycles. The van der Waals surface area contributed by atoms with Crippen LogP contribution in [-0.2, 0) is 0 Å². The lowest BCUT2D eigenvalue weighted by Gasteiger charge is -2.44. The van der Waals surface area contributed by atoms with Crippen molar-refractivity contribution in [1.29, 1.82) is 0 Å². The molecule has 0 unspecified atom stereocenters. The molecule has 17 heavy (non-hydrogen) atoms. The molecular weight excluding hydrogens is 208 g/mol.